The molecule has 3 aromatic rings. The van der Waals surface area contributed by atoms with Gasteiger partial charge in [0.05, 0.1) is 12.3 Å². The minimum atomic E-state index is -0.482. The van der Waals surface area contributed by atoms with Gasteiger partial charge in [-0.3, -0.25) is 4.79 Å². The van der Waals surface area contributed by atoms with Crippen LogP contribution in [0.1, 0.15) is 27.9 Å². The van der Waals surface area contributed by atoms with Gasteiger partial charge in [0.25, 0.3) is 5.91 Å². The molecule has 0 saturated heterocycles. The van der Waals surface area contributed by atoms with Crippen molar-refractivity contribution < 1.29 is 14.3 Å². The minimum absolute atomic E-state index is 0.220. The molecule has 3 rings (SSSR count). The number of carbonyl (C=O) groups excluding carboxylic acids is 2. The van der Waals surface area contributed by atoms with Crippen LogP contribution in [0.15, 0.2) is 41.8 Å². The molecule has 0 aliphatic carbocycles. The third-order valence-electron chi connectivity index (χ3n) is 3.40. The summed E-state index contributed by atoms with van der Waals surface area (Å²) in [7, 11) is 1.55. The van der Waals surface area contributed by atoms with Gasteiger partial charge in [-0.15, -0.1) is 11.3 Å². The smallest absolute Gasteiger partial charge is 0.357 e. The van der Waals surface area contributed by atoms with Crippen LogP contribution in [-0.4, -0.2) is 40.3 Å². The largest absolute Gasteiger partial charge is 0.461 e. The molecule has 1 amide bonds. The highest BCUT2D eigenvalue weighted by Gasteiger charge is 2.19. The van der Waals surface area contributed by atoms with Crippen LogP contribution in [0.4, 0.5) is 0 Å². The number of nitrogens with one attached hydrogen (secondary N) is 1. The fourth-order valence-electron chi connectivity index (χ4n) is 2.24. The number of aromatic nitrogens is 3. The normalized spacial score (nSPS) is 10.5. The molecule has 0 atom stereocenters. The first-order chi connectivity index (χ1) is 12.1. The second-order valence-corrected chi connectivity index (χ2v) is 5.84. The Morgan fingerprint density at radius 1 is 1.24 bits per heavy atom. The number of amides is 1. The summed E-state index contributed by atoms with van der Waals surface area (Å²) in [5.41, 5.74) is 2.09. The standard InChI is InChI=1S/C17H16N4O3S/c1-3-24-16(23)13-10-25-17(19-13)21-14(11-7-5-4-6-8-11)9-12(20-21)15(22)18-2/h4-10H,3H2,1-2H3,(H,18,22). The van der Waals surface area contributed by atoms with Gasteiger partial charge in [0.15, 0.2) is 11.4 Å². The molecule has 0 bridgehead atoms. The lowest BCUT2D eigenvalue weighted by Crippen LogP contribution is -2.18. The van der Waals surface area contributed by atoms with Crippen molar-refractivity contribution >= 4 is 23.2 Å². The maximum atomic E-state index is 12.0. The number of hydrogen-bond donors (Lipinski definition) is 1. The topological polar surface area (TPSA) is 86.1 Å². The van der Waals surface area contributed by atoms with Crippen LogP contribution in [0.5, 0.6) is 0 Å². The number of carbonyl (C=O) groups is 2. The second-order valence-electron chi connectivity index (χ2n) is 5.01. The van der Waals surface area contributed by atoms with E-state index in [1.165, 1.54) is 11.3 Å². The third kappa shape index (κ3) is 3.43. The van der Waals surface area contributed by atoms with Crippen molar-refractivity contribution in [3.05, 3.63) is 53.2 Å². The first kappa shape index (κ1) is 16.8. The molecule has 0 saturated carbocycles. The molecule has 7 nitrogen and oxygen atoms in total. The number of ether oxygens (including phenoxy) is 1. The van der Waals surface area contributed by atoms with Crippen molar-refractivity contribution in [2.75, 3.05) is 13.7 Å². The maximum Gasteiger partial charge on any atom is 0.357 e. The van der Waals surface area contributed by atoms with Crippen molar-refractivity contribution in [3.63, 3.8) is 0 Å². The van der Waals surface area contributed by atoms with Crippen LogP contribution in [0.2, 0.25) is 0 Å². The predicted octanol–water partition coefficient (Wildman–Crippen LogP) is 2.53. The van der Waals surface area contributed by atoms with Gasteiger partial charge < -0.3 is 10.1 Å². The number of benzene rings is 1. The van der Waals surface area contributed by atoms with Crippen molar-refractivity contribution in [3.8, 4) is 16.4 Å². The summed E-state index contributed by atoms with van der Waals surface area (Å²) in [6, 6.07) is 11.2. The molecule has 128 valence electrons. The SMILES string of the molecule is CCOC(=O)c1csc(-n2nc(C(=O)NC)cc2-c2ccccc2)n1. The van der Waals surface area contributed by atoms with Gasteiger partial charge in [-0.2, -0.15) is 5.10 Å². The Morgan fingerprint density at radius 2 is 2.00 bits per heavy atom. The molecular formula is C17H16N4O3S. The van der Waals surface area contributed by atoms with E-state index in [9.17, 15) is 9.59 Å². The monoisotopic (exact) mass is 356 g/mol. The molecule has 2 aromatic heterocycles. The van der Waals surface area contributed by atoms with Gasteiger partial charge in [0.1, 0.15) is 0 Å². The van der Waals surface area contributed by atoms with Gasteiger partial charge >= 0.3 is 5.97 Å². The number of hydrogen-bond acceptors (Lipinski definition) is 6. The molecule has 1 N–H and O–H groups in total. The summed E-state index contributed by atoms with van der Waals surface area (Å²) < 4.78 is 6.53. The molecule has 0 aliphatic heterocycles. The average Bonchev–Trinajstić information content (AvgIpc) is 3.29. The Kier molecular flexibility index (Phi) is 4.90. The molecular weight excluding hydrogens is 340 g/mol. The minimum Gasteiger partial charge on any atom is -0.461 e. The summed E-state index contributed by atoms with van der Waals surface area (Å²) in [5.74, 6) is -0.775. The lowest BCUT2D eigenvalue weighted by molar-refractivity contribution is 0.0520. The van der Waals surface area contributed by atoms with E-state index in [0.717, 1.165) is 5.56 Å². The molecule has 0 fully saturated rings. The van der Waals surface area contributed by atoms with Gasteiger partial charge in [0, 0.05) is 18.0 Å². The van der Waals surface area contributed by atoms with Crippen LogP contribution in [0, 0.1) is 0 Å². The van der Waals surface area contributed by atoms with Crippen molar-refractivity contribution in [1.82, 2.24) is 20.1 Å². The van der Waals surface area contributed by atoms with E-state index in [0.29, 0.717) is 10.8 Å². The lowest BCUT2D eigenvalue weighted by atomic mass is 10.1. The van der Waals surface area contributed by atoms with Gasteiger partial charge in [-0.05, 0) is 13.0 Å². The molecule has 0 radical (unpaired) electrons. The fourth-order valence-corrected chi connectivity index (χ4v) is 3.00. The Morgan fingerprint density at radius 3 is 2.68 bits per heavy atom. The van der Waals surface area contributed by atoms with E-state index in [-0.39, 0.29) is 23.9 Å². The summed E-state index contributed by atoms with van der Waals surface area (Å²) in [4.78, 5) is 28.1. The molecule has 0 spiro atoms. The van der Waals surface area contributed by atoms with Crippen molar-refractivity contribution in [2.24, 2.45) is 0 Å². The van der Waals surface area contributed by atoms with E-state index in [4.69, 9.17) is 4.74 Å². The Bertz CT molecular complexity index is 902. The van der Waals surface area contributed by atoms with Crippen molar-refractivity contribution in [2.45, 2.75) is 6.92 Å². The Hall–Kier alpha value is -3.00. The van der Waals surface area contributed by atoms with Crippen LogP contribution in [-0.2, 0) is 4.74 Å². The summed E-state index contributed by atoms with van der Waals surface area (Å²) in [6.07, 6.45) is 0. The Balaban J connectivity index is 2.07. The number of nitrogens with zero attached hydrogens (tertiary/aromatic N) is 3. The van der Waals surface area contributed by atoms with Crippen LogP contribution in [0.3, 0.4) is 0 Å². The summed E-state index contributed by atoms with van der Waals surface area (Å²) in [6.45, 7) is 2.02. The van der Waals surface area contributed by atoms with E-state index in [1.54, 1.807) is 30.1 Å². The highest BCUT2D eigenvalue weighted by atomic mass is 32.1. The highest BCUT2D eigenvalue weighted by molar-refractivity contribution is 7.12. The van der Waals surface area contributed by atoms with E-state index in [2.05, 4.69) is 15.4 Å². The molecule has 25 heavy (non-hydrogen) atoms. The maximum absolute atomic E-state index is 12.0. The zero-order valence-electron chi connectivity index (χ0n) is 13.7. The quantitative estimate of drug-likeness (QED) is 0.710. The average molecular weight is 356 g/mol. The second kappa shape index (κ2) is 7.27. The van der Waals surface area contributed by atoms with Gasteiger partial charge in [0.2, 0.25) is 5.13 Å². The van der Waals surface area contributed by atoms with E-state index in [1.807, 2.05) is 30.3 Å². The molecule has 0 unspecified atom stereocenters. The van der Waals surface area contributed by atoms with Crippen molar-refractivity contribution in [1.29, 1.82) is 0 Å². The Labute approximate surface area is 148 Å². The van der Waals surface area contributed by atoms with Crippen LogP contribution in [0.25, 0.3) is 16.4 Å². The molecule has 2 heterocycles. The third-order valence-corrected chi connectivity index (χ3v) is 4.21. The first-order valence-corrected chi connectivity index (χ1v) is 8.52. The van der Waals surface area contributed by atoms with Crippen LogP contribution >= 0.6 is 11.3 Å². The zero-order chi connectivity index (χ0) is 17.8. The molecule has 8 heteroatoms. The number of esters is 1. The molecule has 0 aliphatic rings. The van der Waals surface area contributed by atoms with Gasteiger partial charge in [-0.25, -0.2) is 14.5 Å². The highest BCUT2D eigenvalue weighted by Crippen LogP contribution is 2.26. The van der Waals surface area contributed by atoms with Gasteiger partial charge in [-0.1, -0.05) is 30.3 Å². The van der Waals surface area contributed by atoms with E-state index >= 15 is 0 Å². The van der Waals surface area contributed by atoms with E-state index < -0.39 is 5.97 Å². The van der Waals surface area contributed by atoms with Crippen LogP contribution < -0.4 is 5.32 Å². The number of rotatable bonds is 5. The fraction of sp³-hybridized carbons (Fsp3) is 0.176. The lowest BCUT2D eigenvalue weighted by Gasteiger charge is -2.03. The number of thiazole rings is 1. The first-order valence-electron chi connectivity index (χ1n) is 7.64. The summed E-state index contributed by atoms with van der Waals surface area (Å²) >= 11 is 1.26. The summed E-state index contributed by atoms with van der Waals surface area (Å²) in [5, 5.41) is 9.00. The zero-order valence-corrected chi connectivity index (χ0v) is 14.5. The molecule has 1 aromatic carbocycles. The predicted molar refractivity (Wildman–Crippen MR) is 94.0 cm³/mol.